The van der Waals surface area contributed by atoms with Crippen LogP contribution in [0, 0.1) is 0 Å². The molecular formula is C22H20F3N3O3. The maximum absolute atomic E-state index is 13.3. The van der Waals surface area contributed by atoms with E-state index in [0.717, 1.165) is 28.6 Å². The predicted octanol–water partition coefficient (Wildman–Crippen LogP) is 4.67. The molecule has 1 aromatic heterocycles. The first kappa shape index (κ1) is 20.9. The van der Waals surface area contributed by atoms with Gasteiger partial charge in [-0.1, -0.05) is 18.2 Å². The highest BCUT2D eigenvalue weighted by molar-refractivity contribution is 5.96. The van der Waals surface area contributed by atoms with Crippen molar-refractivity contribution in [3.05, 3.63) is 66.4 Å². The van der Waals surface area contributed by atoms with E-state index < -0.39 is 29.9 Å². The van der Waals surface area contributed by atoms with Crippen molar-refractivity contribution in [3.8, 4) is 5.75 Å². The number of aliphatic hydroxyl groups is 1. The van der Waals surface area contributed by atoms with Gasteiger partial charge in [0.1, 0.15) is 5.75 Å². The first-order valence-electron chi connectivity index (χ1n) is 9.55. The van der Waals surface area contributed by atoms with Gasteiger partial charge in [0.2, 0.25) is 0 Å². The fraction of sp³-hybridized carbons (Fsp3) is 0.273. The number of carbonyl (C=O) groups is 1. The molecule has 2 aromatic carbocycles. The number of ether oxygens (including phenoxy) is 1. The van der Waals surface area contributed by atoms with Crippen LogP contribution in [0.25, 0.3) is 10.9 Å². The predicted molar refractivity (Wildman–Crippen MR) is 108 cm³/mol. The van der Waals surface area contributed by atoms with Crippen LogP contribution in [0.3, 0.4) is 0 Å². The molecule has 1 atom stereocenters. The fourth-order valence-corrected chi connectivity index (χ4v) is 3.73. The number of alkyl halides is 3. The maximum Gasteiger partial charge on any atom is 0.573 e. The normalized spacial score (nSPS) is 18.6. The van der Waals surface area contributed by atoms with Crippen LogP contribution in [0.4, 0.5) is 23.7 Å². The van der Waals surface area contributed by atoms with E-state index in [1.165, 1.54) is 17.0 Å². The minimum atomic E-state index is -4.81. The van der Waals surface area contributed by atoms with Crippen LogP contribution in [-0.2, 0) is 6.54 Å². The zero-order valence-electron chi connectivity index (χ0n) is 16.8. The number of nitrogens with zero attached hydrogens (tertiary/aromatic N) is 3. The van der Waals surface area contributed by atoms with Crippen molar-refractivity contribution in [2.45, 2.75) is 38.5 Å². The number of aliphatic hydroxyl groups excluding tert-OH is 1. The van der Waals surface area contributed by atoms with E-state index in [-0.39, 0.29) is 12.2 Å². The Labute approximate surface area is 176 Å². The highest BCUT2D eigenvalue weighted by atomic mass is 19.4. The zero-order chi connectivity index (χ0) is 22.4. The van der Waals surface area contributed by atoms with E-state index in [0.29, 0.717) is 0 Å². The summed E-state index contributed by atoms with van der Waals surface area (Å²) >= 11 is 0. The van der Waals surface area contributed by atoms with Gasteiger partial charge in [-0.25, -0.2) is 4.79 Å². The Bertz CT molecular complexity index is 1110. The number of rotatable bonds is 4. The Hall–Kier alpha value is -3.33. The van der Waals surface area contributed by atoms with E-state index in [4.69, 9.17) is 0 Å². The Morgan fingerprint density at radius 1 is 1.10 bits per heavy atom. The molecule has 1 N–H and O–H groups in total. The van der Waals surface area contributed by atoms with Crippen molar-refractivity contribution in [2.75, 3.05) is 4.90 Å². The second kappa shape index (κ2) is 7.42. The average molecular weight is 431 g/mol. The van der Waals surface area contributed by atoms with Gasteiger partial charge in [-0.3, -0.25) is 9.88 Å². The third kappa shape index (κ3) is 3.88. The summed E-state index contributed by atoms with van der Waals surface area (Å²) in [5.74, 6) is -0.406. The van der Waals surface area contributed by atoms with Crippen molar-refractivity contribution >= 4 is 22.6 Å². The van der Waals surface area contributed by atoms with Gasteiger partial charge in [0, 0.05) is 23.8 Å². The molecule has 0 radical (unpaired) electrons. The number of aromatic nitrogens is 1. The topological polar surface area (TPSA) is 65.9 Å². The van der Waals surface area contributed by atoms with Crippen molar-refractivity contribution < 1.29 is 27.8 Å². The lowest BCUT2D eigenvalue weighted by atomic mass is 10.0. The molecule has 1 saturated heterocycles. The van der Waals surface area contributed by atoms with Crippen molar-refractivity contribution in [3.63, 3.8) is 0 Å². The number of halogens is 3. The molecule has 0 bridgehead atoms. The van der Waals surface area contributed by atoms with Crippen LogP contribution in [0.1, 0.15) is 19.4 Å². The van der Waals surface area contributed by atoms with E-state index in [1.54, 1.807) is 24.9 Å². The first-order valence-corrected chi connectivity index (χ1v) is 9.55. The van der Waals surface area contributed by atoms with Gasteiger partial charge in [-0.2, -0.15) is 0 Å². The molecule has 0 spiro atoms. The molecule has 1 fully saturated rings. The number of carbonyl (C=O) groups excluding carboxylic acids is 1. The lowest BCUT2D eigenvalue weighted by Gasteiger charge is -2.32. The molecule has 3 aromatic rings. The van der Waals surface area contributed by atoms with Crippen LogP contribution in [-0.4, -0.2) is 39.2 Å². The number of urea groups is 1. The van der Waals surface area contributed by atoms with E-state index in [1.807, 2.05) is 30.3 Å². The number of pyridine rings is 1. The number of para-hydroxylation sites is 1. The average Bonchev–Trinajstić information content (AvgIpc) is 2.87. The number of benzene rings is 2. The number of hydrogen-bond acceptors (Lipinski definition) is 4. The number of anilines is 1. The molecule has 6 nitrogen and oxygen atoms in total. The lowest BCUT2D eigenvalue weighted by molar-refractivity contribution is -0.274. The summed E-state index contributed by atoms with van der Waals surface area (Å²) in [7, 11) is 0. The Morgan fingerprint density at radius 2 is 1.77 bits per heavy atom. The summed E-state index contributed by atoms with van der Waals surface area (Å²) in [6, 6.07) is 13.8. The maximum atomic E-state index is 13.3. The molecule has 162 valence electrons. The summed E-state index contributed by atoms with van der Waals surface area (Å²) in [5.41, 5.74) is 0.974. The SMILES string of the molecule is CC1(C)C(O)N(c2ccc(OC(F)(F)F)cc2)C(=O)N1Cc1ccnc2ccccc12. The van der Waals surface area contributed by atoms with Gasteiger partial charge in [-0.05, 0) is 55.8 Å². The second-order valence-corrected chi connectivity index (χ2v) is 7.79. The summed E-state index contributed by atoms with van der Waals surface area (Å²) in [5, 5.41) is 11.8. The molecule has 2 amide bonds. The van der Waals surface area contributed by atoms with Crippen molar-refractivity contribution in [1.82, 2.24) is 9.88 Å². The van der Waals surface area contributed by atoms with Crippen molar-refractivity contribution in [2.24, 2.45) is 0 Å². The summed E-state index contributed by atoms with van der Waals surface area (Å²) in [4.78, 5) is 20.3. The molecule has 2 heterocycles. The third-order valence-corrected chi connectivity index (χ3v) is 5.43. The Morgan fingerprint density at radius 3 is 2.45 bits per heavy atom. The Balaban J connectivity index is 1.63. The first-order chi connectivity index (χ1) is 14.6. The molecule has 9 heteroatoms. The molecule has 1 aliphatic rings. The molecule has 1 unspecified atom stereocenters. The molecule has 0 saturated carbocycles. The summed E-state index contributed by atoms with van der Waals surface area (Å²) in [6.07, 6.45) is -4.35. The van der Waals surface area contributed by atoms with Crippen LogP contribution >= 0.6 is 0 Å². The third-order valence-electron chi connectivity index (χ3n) is 5.43. The highest BCUT2D eigenvalue weighted by Gasteiger charge is 2.51. The summed E-state index contributed by atoms with van der Waals surface area (Å²) < 4.78 is 41.1. The van der Waals surface area contributed by atoms with Gasteiger partial charge < -0.3 is 14.7 Å². The molecule has 1 aliphatic heterocycles. The minimum Gasteiger partial charge on any atom is -0.406 e. The van der Waals surface area contributed by atoms with Crippen LogP contribution < -0.4 is 9.64 Å². The standard InChI is InChI=1S/C22H20F3N3O3/c1-21(2)19(29)28(15-7-9-16(10-8-15)31-22(23,24)25)20(30)27(21)13-14-11-12-26-18-6-4-3-5-17(14)18/h3-12,19,29H,13H2,1-2H3. The van der Waals surface area contributed by atoms with E-state index >= 15 is 0 Å². The lowest BCUT2D eigenvalue weighted by Crippen LogP contribution is -2.46. The summed E-state index contributed by atoms with van der Waals surface area (Å²) in [6.45, 7) is 3.71. The fourth-order valence-electron chi connectivity index (χ4n) is 3.73. The van der Waals surface area contributed by atoms with Gasteiger partial charge in [-0.15, -0.1) is 13.2 Å². The minimum absolute atomic E-state index is 0.234. The molecule has 31 heavy (non-hydrogen) atoms. The monoisotopic (exact) mass is 431 g/mol. The van der Waals surface area contributed by atoms with Crippen LogP contribution in [0.15, 0.2) is 60.8 Å². The number of amides is 2. The number of hydrogen-bond donors (Lipinski definition) is 1. The zero-order valence-corrected chi connectivity index (χ0v) is 16.8. The van der Waals surface area contributed by atoms with E-state index in [9.17, 15) is 23.1 Å². The van der Waals surface area contributed by atoms with E-state index in [2.05, 4.69) is 9.72 Å². The number of fused-ring (bicyclic) bond motifs is 1. The largest absolute Gasteiger partial charge is 0.573 e. The van der Waals surface area contributed by atoms with Crippen molar-refractivity contribution in [1.29, 1.82) is 0 Å². The second-order valence-electron chi connectivity index (χ2n) is 7.79. The highest BCUT2D eigenvalue weighted by Crippen LogP contribution is 2.37. The van der Waals surface area contributed by atoms with Crippen LogP contribution in [0.5, 0.6) is 5.75 Å². The quantitative estimate of drug-likeness (QED) is 0.652. The molecular weight excluding hydrogens is 411 g/mol. The molecule has 0 aliphatic carbocycles. The van der Waals surface area contributed by atoms with Gasteiger partial charge in [0.15, 0.2) is 6.23 Å². The smallest absolute Gasteiger partial charge is 0.406 e. The molecule has 4 rings (SSSR count). The van der Waals surface area contributed by atoms with Gasteiger partial charge >= 0.3 is 12.4 Å². The van der Waals surface area contributed by atoms with Gasteiger partial charge in [0.25, 0.3) is 0 Å². The van der Waals surface area contributed by atoms with Gasteiger partial charge in [0.05, 0.1) is 11.1 Å². The Kier molecular flexibility index (Phi) is 5.01. The van der Waals surface area contributed by atoms with Crippen LogP contribution in [0.2, 0.25) is 0 Å².